The molecular formula is C12H23NO3. The van der Waals surface area contributed by atoms with Gasteiger partial charge in [-0.25, -0.2) is 0 Å². The van der Waals surface area contributed by atoms with Crippen molar-refractivity contribution in [1.29, 1.82) is 0 Å². The zero-order valence-corrected chi connectivity index (χ0v) is 10.1. The van der Waals surface area contributed by atoms with Gasteiger partial charge in [0.05, 0.1) is 0 Å². The number of piperidine rings is 1. The molecule has 0 aromatic carbocycles. The Kier molecular flexibility index (Phi) is 6.42. The molecule has 94 valence electrons. The number of aliphatic carboxylic acids is 1. The van der Waals surface area contributed by atoms with Gasteiger partial charge < -0.3 is 15.2 Å². The van der Waals surface area contributed by atoms with E-state index in [4.69, 9.17) is 9.84 Å². The van der Waals surface area contributed by atoms with Crippen LogP contribution in [-0.4, -0.2) is 36.9 Å². The molecule has 0 bridgehead atoms. The van der Waals surface area contributed by atoms with Gasteiger partial charge in [-0.2, -0.15) is 0 Å². The Morgan fingerprint density at radius 3 is 3.00 bits per heavy atom. The van der Waals surface area contributed by atoms with Gasteiger partial charge in [-0.05, 0) is 44.6 Å². The van der Waals surface area contributed by atoms with Crippen LogP contribution in [0.3, 0.4) is 0 Å². The number of carbonyl (C=O) groups is 1. The topological polar surface area (TPSA) is 58.6 Å². The molecule has 0 aromatic heterocycles. The minimum Gasteiger partial charge on any atom is -0.480 e. The van der Waals surface area contributed by atoms with Crippen molar-refractivity contribution in [2.75, 3.05) is 19.8 Å². The van der Waals surface area contributed by atoms with E-state index in [1.165, 1.54) is 0 Å². The van der Waals surface area contributed by atoms with Crippen molar-refractivity contribution in [1.82, 2.24) is 5.32 Å². The van der Waals surface area contributed by atoms with E-state index >= 15 is 0 Å². The lowest BCUT2D eigenvalue weighted by Gasteiger charge is -2.27. The highest BCUT2D eigenvalue weighted by atomic mass is 16.5. The lowest BCUT2D eigenvalue weighted by atomic mass is 9.89. The van der Waals surface area contributed by atoms with E-state index in [1.807, 2.05) is 0 Å². The smallest absolute Gasteiger partial charge is 0.320 e. The molecule has 0 aliphatic carbocycles. The van der Waals surface area contributed by atoms with E-state index in [2.05, 4.69) is 12.2 Å². The number of rotatable bonds is 7. The lowest BCUT2D eigenvalue weighted by Crippen LogP contribution is -2.43. The summed E-state index contributed by atoms with van der Waals surface area (Å²) >= 11 is 0. The summed E-state index contributed by atoms with van der Waals surface area (Å²) in [6, 6.07) is -0.338. The number of carboxylic acids is 1. The van der Waals surface area contributed by atoms with Gasteiger partial charge >= 0.3 is 5.97 Å². The van der Waals surface area contributed by atoms with Crippen LogP contribution in [0.5, 0.6) is 0 Å². The molecule has 4 nitrogen and oxygen atoms in total. The lowest BCUT2D eigenvalue weighted by molar-refractivity contribution is -0.140. The van der Waals surface area contributed by atoms with Crippen LogP contribution in [-0.2, 0) is 9.53 Å². The average molecular weight is 229 g/mol. The van der Waals surface area contributed by atoms with Gasteiger partial charge in [0.25, 0.3) is 0 Å². The normalized spacial score (nSPS) is 25.6. The quantitative estimate of drug-likeness (QED) is 0.652. The van der Waals surface area contributed by atoms with E-state index in [0.29, 0.717) is 5.92 Å². The van der Waals surface area contributed by atoms with Crippen molar-refractivity contribution in [3.8, 4) is 0 Å². The molecule has 2 atom stereocenters. The summed E-state index contributed by atoms with van der Waals surface area (Å²) < 4.78 is 5.42. The third-order valence-electron chi connectivity index (χ3n) is 3.06. The zero-order valence-electron chi connectivity index (χ0n) is 10.1. The molecule has 0 amide bonds. The van der Waals surface area contributed by atoms with Crippen LogP contribution in [0.25, 0.3) is 0 Å². The third-order valence-corrected chi connectivity index (χ3v) is 3.06. The van der Waals surface area contributed by atoms with Crippen molar-refractivity contribution in [3.05, 3.63) is 0 Å². The van der Waals surface area contributed by atoms with Crippen molar-refractivity contribution >= 4 is 5.97 Å². The van der Waals surface area contributed by atoms with Crippen molar-refractivity contribution in [2.45, 2.75) is 45.1 Å². The molecule has 0 radical (unpaired) electrons. The molecule has 4 heteroatoms. The molecule has 2 unspecified atom stereocenters. The third kappa shape index (κ3) is 4.94. The molecule has 1 aliphatic heterocycles. The number of nitrogens with one attached hydrogen (secondary N) is 1. The fourth-order valence-corrected chi connectivity index (χ4v) is 2.17. The van der Waals surface area contributed by atoms with Gasteiger partial charge in [-0.1, -0.05) is 6.92 Å². The highest BCUT2D eigenvalue weighted by Crippen LogP contribution is 2.21. The van der Waals surface area contributed by atoms with Crippen LogP contribution >= 0.6 is 0 Å². The molecular weight excluding hydrogens is 206 g/mol. The summed E-state index contributed by atoms with van der Waals surface area (Å²) in [5.41, 5.74) is 0. The monoisotopic (exact) mass is 229 g/mol. The maximum Gasteiger partial charge on any atom is 0.320 e. The van der Waals surface area contributed by atoms with Crippen LogP contribution in [0.1, 0.15) is 39.0 Å². The largest absolute Gasteiger partial charge is 0.480 e. The van der Waals surface area contributed by atoms with Crippen LogP contribution in [0, 0.1) is 5.92 Å². The first-order valence-corrected chi connectivity index (χ1v) is 6.28. The average Bonchev–Trinajstić information content (AvgIpc) is 2.29. The summed E-state index contributed by atoms with van der Waals surface area (Å²) in [6.45, 7) is 4.58. The van der Waals surface area contributed by atoms with Crippen molar-refractivity contribution in [2.24, 2.45) is 5.92 Å². The van der Waals surface area contributed by atoms with Crippen molar-refractivity contribution < 1.29 is 14.6 Å². The molecule has 0 spiro atoms. The van der Waals surface area contributed by atoms with E-state index in [9.17, 15) is 4.79 Å². The molecule has 1 aliphatic rings. The van der Waals surface area contributed by atoms with Crippen LogP contribution < -0.4 is 5.32 Å². The molecule has 1 saturated heterocycles. The first-order chi connectivity index (χ1) is 7.74. The van der Waals surface area contributed by atoms with E-state index in [0.717, 1.165) is 51.9 Å². The molecule has 0 saturated carbocycles. The minimum atomic E-state index is -0.716. The Balaban J connectivity index is 2.10. The summed E-state index contributed by atoms with van der Waals surface area (Å²) in [6.07, 6.45) is 5.07. The van der Waals surface area contributed by atoms with Crippen LogP contribution in [0.15, 0.2) is 0 Å². The highest BCUT2D eigenvalue weighted by molar-refractivity contribution is 5.73. The molecule has 1 fully saturated rings. The van der Waals surface area contributed by atoms with Gasteiger partial charge in [0, 0.05) is 13.2 Å². The molecule has 2 N–H and O–H groups in total. The van der Waals surface area contributed by atoms with Gasteiger partial charge in [0.15, 0.2) is 0 Å². The van der Waals surface area contributed by atoms with Gasteiger partial charge in [-0.3, -0.25) is 4.79 Å². The van der Waals surface area contributed by atoms with Gasteiger partial charge in [-0.15, -0.1) is 0 Å². The second-order valence-corrected chi connectivity index (χ2v) is 4.49. The maximum absolute atomic E-state index is 10.8. The van der Waals surface area contributed by atoms with Gasteiger partial charge in [0.1, 0.15) is 6.04 Å². The number of hydrogen-bond donors (Lipinski definition) is 2. The fraction of sp³-hybridized carbons (Fsp3) is 0.917. The highest BCUT2D eigenvalue weighted by Gasteiger charge is 2.25. The first kappa shape index (κ1) is 13.5. The van der Waals surface area contributed by atoms with Gasteiger partial charge in [0.2, 0.25) is 0 Å². The summed E-state index contributed by atoms with van der Waals surface area (Å²) in [7, 11) is 0. The predicted molar refractivity (Wildman–Crippen MR) is 62.5 cm³/mol. The SMILES string of the molecule is CCCOCCCC1CCNC(C(=O)O)C1. The van der Waals surface area contributed by atoms with Crippen LogP contribution in [0.2, 0.25) is 0 Å². The van der Waals surface area contributed by atoms with Crippen LogP contribution in [0.4, 0.5) is 0 Å². The van der Waals surface area contributed by atoms with E-state index in [-0.39, 0.29) is 6.04 Å². The molecule has 0 aromatic rings. The second kappa shape index (κ2) is 7.63. The first-order valence-electron chi connectivity index (χ1n) is 6.28. The summed E-state index contributed by atoms with van der Waals surface area (Å²) in [4.78, 5) is 10.8. The minimum absolute atomic E-state index is 0.338. The zero-order chi connectivity index (χ0) is 11.8. The molecule has 16 heavy (non-hydrogen) atoms. The fourth-order valence-electron chi connectivity index (χ4n) is 2.17. The summed E-state index contributed by atoms with van der Waals surface area (Å²) in [5, 5.41) is 11.9. The maximum atomic E-state index is 10.8. The molecule has 1 heterocycles. The Hall–Kier alpha value is -0.610. The Labute approximate surface area is 97.4 Å². The second-order valence-electron chi connectivity index (χ2n) is 4.49. The van der Waals surface area contributed by atoms with Crippen molar-refractivity contribution in [3.63, 3.8) is 0 Å². The predicted octanol–water partition coefficient (Wildman–Crippen LogP) is 1.65. The standard InChI is InChI=1S/C12H23NO3/c1-2-7-16-8-3-4-10-5-6-13-11(9-10)12(14)15/h10-11,13H,2-9H2,1H3,(H,14,15). The summed E-state index contributed by atoms with van der Waals surface area (Å²) in [5.74, 6) is -0.167. The Morgan fingerprint density at radius 2 is 2.31 bits per heavy atom. The Morgan fingerprint density at radius 1 is 1.50 bits per heavy atom. The molecule has 1 rings (SSSR count). The number of hydrogen-bond acceptors (Lipinski definition) is 3. The Bertz CT molecular complexity index is 208. The number of ether oxygens (including phenoxy) is 1. The van der Waals surface area contributed by atoms with E-state index < -0.39 is 5.97 Å². The van der Waals surface area contributed by atoms with E-state index in [1.54, 1.807) is 0 Å². The number of carboxylic acid groups (broad SMARTS) is 1.